The van der Waals surface area contributed by atoms with E-state index in [-0.39, 0.29) is 4.90 Å². The molecular formula is C23H21ClO3S. The second-order valence-electron chi connectivity index (χ2n) is 6.38. The van der Waals surface area contributed by atoms with Gasteiger partial charge in [-0.25, -0.2) is 0 Å². The Bertz CT molecular complexity index is 1070. The average molecular weight is 413 g/mol. The molecule has 0 spiro atoms. The van der Waals surface area contributed by atoms with Crippen LogP contribution < -0.4 is 0 Å². The Morgan fingerprint density at radius 2 is 1.46 bits per heavy atom. The Labute approximate surface area is 171 Å². The van der Waals surface area contributed by atoms with Gasteiger partial charge in [0.15, 0.2) is 5.76 Å². The van der Waals surface area contributed by atoms with Crippen molar-refractivity contribution in [2.24, 2.45) is 0 Å². The zero-order chi connectivity index (χ0) is 20.1. The summed E-state index contributed by atoms with van der Waals surface area (Å²) in [7, 11) is -3.98. The van der Waals surface area contributed by atoms with Crippen molar-refractivity contribution in [3.05, 3.63) is 101 Å². The van der Waals surface area contributed by atoms with E-state index in [9.17, 15) is 8.42 Å². The maximum atomic E-state index is 13.0. The van der Waals surface area contributed by atoms with Crippen molar-refractivity contribution in [1.29, 1.82) is 0 Å². The number of hydrogen-bond acceptors (Lipinski definition) is 3. The third-order valence-electron chi connectivity index (χ3n) is 4.36. The van der Waals surface area contributed by atoms with Crippen LogP contribution in [0, 0.1) is 6.92 Å². The summed E-state index contributed by atoms with van der Waals surface area (Å²) in [6, 6.07) is 23.2. The molecule has 0 aliphatic carbocycles. The fourth-order valence-electron chi connectivity index (χ4n) is 2.87. The predicted molar refractivity (Wildman–Crippen MR) is 114 cm³/mol. The topological polar surface area (TPSA) is 43.4 Å². The Hall–Kier alpha value is -2.56. The van der Waals surface area contributed by atoms with Crippen molar-refractivity contribution in [2.45, 2.75) is 25.2 Å². The van der Waals surface area contributed by atoms with Crippen LogP contribution in [-0.4, -0.2) is 8.42 Å². The molecule has 0 atom stereocenters. The molecule has 3 aromatic carbocycles. The maximum absolute atomic E-state index is 13.0. The van der Waals surface area contributed by atoms with E-state index < -0.39 is 10.1 Å². The first-order valence-corrected chi connectivity index (χ1v) is 10.7. The van der Waals surface area contributed by atoms with Crippen LogP contribution in [0.15, 0.2) is 83.8 Å². The van der Waals surface area contributed by atoms with Gasteiger partial charge in [0.25, 0.3) is 0 Å². The van der Waals surface area contributed by atoms with Gasteiger partial charge in [-0.15, -0.1) is 0 Å². The summed E-state index contributed by atoms with van der Waals surface area (Å²) in [5.41, 5.74) is 3.33. The van der Waals surface area contributed by atoms with Crippen molar-refractivity contribution >= 4 is 33.1 Å². The SMILES string of the molecule is CC/C(=C(\OS(=O)(=O)c1ccc(C)cc1)c1ccccc1)c1ccc(Cl)cc1. The summed E-state index contributed by atoms with van der Waals surface area (Å²) in [6.07, 6.45) is 0.593. The smallest absolute Gasteiger partial charge is 0.339 e. The summed E-state index contributed by atoms with van der Waals surface area (Å²) in [4.78, 5) is 0.123. The van der Waals surface area contributed by atoms with E-state index >= 15 is 0 Å². The molecule has 0 aliphatic rings. The Morgan fingerprint density at radius 1 is 0.857 bits per heavy atom. The van der Waals surface area contributed by atoms with Crippen LogP contribution in [0.3, 0.4) is 0 Å². The Kier molecular flexibility index (Phi) is 6.22. The van der Waals surface area contributed by atoms with Crippen molar-refractivity contribution in [3.8, 4) is 0 Å². The van der Waals surface area contributed by atoms with Crippen molar-refractivity contribution in [2.75, 3.05) is 0 Å². The molecule has 0 aliphatic heterocycles. The van der Waals surface area contributed by atoms with Gasteiger partial charge in [-0.05, 0) is 43.2 Å². The minimum absolute atomic E-state index is 0.123. The molecule has 0 bridgehead atoms. The lowest BCUT2D eigenvalue weighted by molar-refractivity contribution is 0.463. The van der Waals surface area contributed by atoms with E-state index in [2.05, 4.69) is 0 Å². The molecular weight excluding hydrogens is 392 g/mol. The highest BCUT2D eigenvalue weighted by atomic mass is 35.5. The summed E-state index contributed by atoms with van der Waals surface area (Å²) in [5, 5.41) is 0.619. The Morgan fingerprint density at radius 3 is 2.04 bits per heavy atom. The number of aryl methyl sites for hydroxylation is 1. The lowest BCUT2D eigenvalue weighted by Crippen LogP contribution is -2.08. The van der Waals surface area contributed by atoms with Gasteiger partial charge >= 0.3 is 10.1 Å². The molecule has 0 saturated carbocycles. The number of hydrogen-bond donors (Lipinski definition) is 0. The monoisotopic (exact) mass is 412 g/mol. The second kappa shape index (κ2) is 8.63. The zero-order valence-electron chi connectivity index (χ0n) is 15.7. The van der Waals surface area contributed by atoms with Crippen LogP contribution in [0.2, 0.25) is 5.02 Å². The molecule has 0 saturated heterocycles. The number of rotatable bonds is 6. The van der Waals surface area contributed by atoms with Crippen LogP contribution in [0.1, 0.15) is 30.0 Å². The van der Waals surface area contributed by atoms with Crippen LogP contribution >= 0.6 is 11.6 Å². The zero-order valence-corrected chi connectivity index (χ0v) is 17.3. The van der Waals surface area contributed by atoms with E-state index in [4.69, 9.17) is 15.8 Å². The van der Waals surface area contributed by atoms with Gasteiger partial charge in [-0.2, -0.15) is 8.42 Å². The molecule has 0 N–H and O–H groups in total. The molecule has 28 heavy (non-hydrogen) atoms. The molecule has 3 nitrogen and oxygen atoms in total. The van der Waals surface area contributed by atoms with Crippen molar-refractivity contribution < 1.29 is 12.6 Å². The summed E-state index contributed by atoms with van der Waals surface area (Å²) in [5.74, 6) is 0.325. The normalized spacial score (nSPS) is 12.4. The summed E-state index contributed by atoms with van der Waals surface area (Å²) in [6.45, 7) is 3.87. The third-order valence-corrected chi connectivity index (χ3v) is 5.85. The van der Waals surface area contributed by atoms with Gasteiger partial charge in [0.2, 0.25) is 0 Å². The lowest BCUT2D eigenvalue weighted by Gasteiger charge is -2.16. The first-order chi connectivity index (χ1) is 13.4. The minimum Gasteiger partial charge on any atom is -0.378 e. The van der Waals surface area contributed by atoms with Gasteiger partial charge in [-0.1, -0.05) is 78.7 Å². The number of allylic oxidation sites excluding steroid dienone is 1. The van der Waals surface area contributed by atoms with Gasteiger partial charge in [0.05, 0.1) is 0 Å². The van der Waals surface area contributed by atoms with E-state index in [1.807, 2.05) is 56.3 Å². The van der Waals surface area contributed by atoms with E-state index in [0.29, 0.717) is 22.8 Å². The summed E-state index contributed by atoms with van der Waals surface area (Å²) < 4.78 is 31.6. The molecule has 5 heteroatoms. The van der Waals surface area contributed by atoms with Crippen LogP contribution in [-0.2, 0) is 14.3 Å². The summed E-state index contributed by atoms with van der Waals surface area (Å²) >= 11 is 6.01. The molecule has 0 aromatic heterocycles. The van der Waals surface area contributed by atoms with E-state index in [1.165, 1.54) is 0 Å². The highest BCUT2D eigenvalue weighted by Crippen LogP contribution is 2.33. The van der Waals surface area contributed by atoms with Crippen molar-refractivity contribution in [3.63, 3.8) is 0 Å². The molecule has 0 amide bonds. The molecule has 0 radical (unpaired) electrons. The van der Waals surface area contributed by atoms with Gasteiger partial charge < -0.3 is 4.18 Å². The molecule has 3 rings (SSSR count). The highest BCUT2D eigenvalue weighted by Gasteiger charge is 2.22. The lowest BCUT2D eigenvalue weighted by atomic mass is 9.99. The van der Waals surface area contributed by atoms with E-state index in [0.717, 1.165) is 16.7 Å². The van der Waals surface area contributed by atoms with E-state index in [1.54, 1.807) is 36.4 Å². The molecule has 3 aromatic rings. The standard InChI is InChI=1S/C23H21ClO3S/c1-3-22(18-11-13-20(24)14-12-18)23(19-7-5-4-6-8-19)27-28(25,26)21-15-9-17(2)10-16-21/h4-16H,3H2,1-2H3/b23-22+. The average Bonchev–Trinajstić information content (AvgIpc) is 2.70. The second-order valence-corrected chi connectivity index (χ2v) is 8.37. The number of halogens is 1. The fourth-order valence-corrected chi connectivity index (χ4v) is 3.98. The molecule has 144 valence electrons. The predicted octanol–water partition coefficient (Wildman–Crippen LogP) is 6.33. The highest BCUT2D eigenvalue weighted by molar-refractivity contribution is 7.87. The molecule has 0 fully saturated rings. The van der Waals surface area contributed by atoms with Gasteiger partial charge in [-0.3, -0.25) is 0 Å². The van der Waals surface area contributed by atoms with Crippen LogP contribution in [0.5, 0.6) is 0 Å². The Balaban J connectivity index is 2.14. The molecule has 0 unspecified atom stereocenters. The quantitative estimate of drug-likeness (QED) is 0.270. The first kappa shape index (κ1) is 20.2. The van der Waals surface area contributed by atoms with Gasteiger partial charge in [0.1, 0.15) is 4.90 Å². The molecule has 0 heterocycles. The fraction of sp³-hybridized carbons (Fsp3) is 0.130. The maximum Gasteiger partial charge on any atom is 0.339 e. The largest absolute Gasteiger partial charge is 0.378 e. The minimum atomic E-state index is -3.98. The number of benzene rings is 3. The van der Waals surface area contributed by atoms with Crippen LogP contribution in [0.25, 0.3) is 11.3 Å². The first-order valence-electron chi connectivity index (χ1n) is 8.96. The van der Waals surface area contributed by atoms with Crippen LogP contribution in [0.4, 0.5) is 0 Å². The van der Waals surface area contributed by atoms with Gasteiger partial charge in [0, 0.05) is 16.2 Å². The third kappa shape index (κ3) is 4.64. The van der Waals surface area contributed by atoms with Crippen molar-refractivity contribution in [1.82, 2.24) is 0 Å².